The summed E-state index contributed by atoms with van der Waals surface area (Å²) in [6.07, 6.45) is 3.73. The van der Waals surface area contributed by atoms with Crippen molar-refractivity contribution >= 4 is 11.6 Å². The smallest absolute Gasteiger partial charge is 0.266 e. The Labute approximate surface area is 124 Å². The van der Waals surface area contributed by atoms with Crippen molar-refractivity contribution in [2.24, 2.45) is 0 Å². The van der Waals surface area contributed by atoms with Crippen LogP contribution in [0.4, 0.5) is 5.69 Å². The lowest BCUT2D eigenvalue weighted by atomic mass is 10.1. The number of hydrogen-bond donors (Lipinski definition) is 1. The quantitative estimate of drug-likeness (QED) is 0.682. The van der Waals surface area contributed by atoms with E-state index < -0.39 is 0 Å². The first kappa shape index (κ1) is 14.9. The molecule has 1 aliphatic rings. The van der Waals surface area contributed by atoms with Gasteiger partial charge in [-0.1, -0.05) is 0 Å². The van der Waals surface area contributed by atoms with E-state index in [2.05, 4.69) is 5.32 Å². The van der Waals surface area contributed by atoms with Crippen molar-refractivity contribution in [3.05, 3.63) is 29.3 Å². The van der Waals surface area contributed by atoms with Gasteiger partial charge in [0.05, 0.1) is 19.9 Å². The molecule has 0 bridgehead atoms. The van der Waals surface area contributed by atoms with Gasteiger partial charge in [0.2, 0.25) is 0 Å². The summed E-state index contributed by atoms with van der Waals surface area (Å²) in [5, 5.41) is 12.0. The molecule has 0 aliphatic heterocycles. The van der Waals surface area contributed by atoms with E-state index in [4.69, 9.17) is 9.47 Å². The Kier molecular flexibility index (Phi) is 4.83. The average molecular weight is 286 g/mol. The van der Waals surface area contributed by atoms with Crippen molar-refractivity contribution in [3.8, 4) is 17.6 Å². The number of carbonyl (C=O) groups is 1. The van der Waals surface area contributed by atoms with Gasteiger partial charge in [-0.3, -0.25) is 4.79 Å². The van der Waals surface area contributed by atoms with E-state index in [0.29, 0.717) is 17.2 Å². The van der Waals surface area contributed by atoms with Crippen LogP contribution in [0.5, 0.6) is 11.5 Å². The molecule has 0 heterocycles. The van der Waals surface area contributed by atoms with Crippen molar-refractivity contribution in [1.82, 2.24) is 0 Å². The Balaban J connectivity index is 2.26. The van der Waals surface area contributed by atoms with Gasteiger partial charge in [-0.05, 0) is 43.4 Å². The van der Waals surface area contributed by atoms with Gasteiger partial charge < -0.3 is 14.8 Å². The van der Waals surface area contributed by atoms with Crippen LogP contribution in [0, 0.1) is 11.3 Å². The van der Waals surface area contributed by atoms with Crippen LogP contribution in [-0.4, -0.2) is 20.1 Å². The number of nitriles is 1. The largest absolute Gasteiger partial charge is 0.497 e. The summed E-state index contributed by atoms with van der Waals surface area (Å²) >= 11 is 0. The van der Waals surface area contributed by atoms with Crippen LogP contribution in [0.25, 0.3) is 0 Å². The van der Waals surface area contributed by atoms with Crippen molar-refractivity contribution in [3.63, 3.8) is 0 Å². The zero-order valence-corrected chi connectivity index (χ0v) is 12.2. The fourth-order valence-electron chi connectivity index (χ4n) is 2.44. The maximum atomic E-state index is 12.3. The van der Waals surface area contributed by atoms with Gasteiger partial charge in [0.1, 0.15) is 23.1 Å². The summed E-state index contributed by atoms with van der Waals surface area (Å²) in [5.74, 6) is 0.747. The predicted molar refractivity (Wildman–Crippen MR) is 79.3 cm³/mol. The Morgan fingerprint density at radius 1 is 1.24 bits per heavy atom. The van der Waals surface area contributed by atoms with E-state index >= 15 is 0 Å². The Morgan fingerprint density at radius 3 is 2.52 bits per heavy atom. The Bertz CT molecular complexity index is 606. The lowest BCUT2D eigenvalue weighted by Gasteiger charge is -2.12. The van der Waals surface area contributed by atoms with Crippen molar-refractivity contribution in [2.75, 3.05) is 19.5 Å². The third-order valence-electron chi connectivity index (χ3n) is 3.55. The summed E-state index contributed by atoms with van der Waals surface area (Å²) in [5.41, 5.74) is 1.66. The summed E-state index contributed by atoms with van der Waals surface area (Å²) in [6, 6.07) is 7.15. The van der Waals surface area contributed by atoms with Gasteiger partial charge in [0.25, 0.3) is 5.91 Å². The van der Waals surface area contributed by atoms with Crippen LogP contribution in [0.1, 0.15) is 25.7 Å². The van der Waals surface area contributed by atoms with Crippen LogP contribution >= 0.6 is 0 Å². The number of hydrogen-bond acceptors (Lipinski definition) is 4. The molecule has 1 aromatic carbocycles. The maximum Gasteiger partial charge on any atom is 0.266 e. The molecule has 1 aliphatic carbocycles. The average Bonchev–Trinajstić information content (AvgIpc) is 3.02. The highest BCUT2D eigenvalue weighted by molar-refractivity contribution is 6.07. The molecule has 0 spiro atoms. The van der Waals surface area contributed by atoms with Gasteiger partial charge in [0, 0.05) is 6.07 Å². The minimum absolute atomic E-state index is 0.220. The molecule has 21 heavy (non-hydrogen) atoms. The van der Waals surface area contributed by atoms with Gasteiger partial charge in [-0.25, -0.2) is 0 Å². The number of carbonyl (C=O) groups excluding carboxylic acids is 1. The first-order valence-electron chi connectivity index (χ1n) is 6.85. The number of anilines is 1. The molecular weight excluding hydrogens is 268 g/mol. The molecule has 0 saturated heterocycles. The molecule has 0 atom stereocenters. The summed E-state index contributed by atoms with van der Waals surface area (Å²) < 4.78 is 10.4. The number of benzene rings is 1. The SMILES string of the molecule is COc1ccc(OC)c(NC(=O)C(C#N)=C2CCCC2)c1. The van der Waals surface area contributed by atoms with Crippen LogP contribution < -0.4 is 14.8 Å². The van der Waals surface area contributed by atoms with Gasteiger partial charge in [0.15, 0.2) is 0 Å². The van der Waals surface area contributed by atoms with Gasteiger partial charge in [-0.15, -0.1) is 0 Å². The van der Waals surface area contributed by atoms with E-state index in [0.717, 1.165) is 31.3 Å². The fourth-order valence-corrected chi connectivity index (χ4v) is 2.44. The highest BCUT2D eigenvalue weighted by Gasteiger charge is 2.19. The third-order valence-corrected chi connectivity index (χ3v) is 3.55. The lowest BCUT2D eigenvalue weighted by molar-refractivity contribution is -0.112. The molecule has 2 rings (SSSR count). The van der Waals surface area contributed by atoms with E-state index in [1.54, 1.807) is 25.3 Å². The number of amides is 1. The fraction of sp³-hybridized carbons (Fsp3) is 0.375. The molecule has 5 nitrogen and oxygen atoms in total. The summed E-state index contributed by atoms with van der Waals surface area (Å²) in [4.78, 5) is 12.3. The molecular formula is C16H18N2O3. The van der Waals surface area contributed by atoms with E-state index in [9.17, 15) is 10.1 Å². The minimum Gasteiger partial charge on any atom is -0.497 e. The van der Waals surface area contributed by atoms with Gasteiger partial charge >= 0.3 is 0 Å². The zero-order valence-electron chi connectivity index (χ0n) is 12.2. The van der Waals surface area contributed by atoms with Crippen LogP contribution in [0.3, 0.4) is 0 Å². The second-order valence-corrected chi connectivity index (χ2v) is 4.82. The molecule has 0 radical (unpaired) electrons. The molecule has 1 fully saturated rings. The molecule has 1 aromatic rings. The van der Waals surface area contributed by atoms with Crippen molar-refractivity contribution in [1.29, 1.82) is 5.26 Å². The molecule has 1 amide bonds. The number of allylic oxidation sites excluding steroid dienone is 1. The topological polar surface area (TPSA) is 71.3 Å². The lowest BCUT2D eigenvalue weighted by Crippen LogP contribution is -2.15. The zero-order chi connectivity index (χ0) is 15.2. The van der Waals surface area contributed by atoms with Crippen molar-refractivity contribution < 1.29 is 14.3 Å². The highest BCUT2D eigenvalue weighted by atomic mass is 16.5. The number of ether oxygens (including phenoxy) is 2. The molecule has 0 aromatic heterocycles. The normalized spacial score (nSPS) is 13.5. The number of nitrogens with zero attached hydrogens (tertiary/aromatic N) is 1. The van der Waals surface area contributed by atoms with Crippen LogP contribution in [-0.2, 0) is 4.79 Å². The third kappa shape index (κ3) is 3.34. The van der Waals surface area contributed by atoms with Gasteiger partial charge in [-0.2, -0.15) is 5.26 Å². The van der Waals surface area contributed by atoms with E-state index in [-0.39, 0.29) is 11.5 Å². The number of methoxy groups -OCH3 is 2. The number of nitrogens with one attached hydrogen (secondary N) is 1. The molecule has 1 saturated carbocycles. The highest BCUT2D eigenvalue weighted by Crippen LogP contribution is 2.31. The van der Waals surface area contributed by atoms with E-state index in [1.807, 2.05) is 6.07 Å². The maximum absolute atomic E-state index is 12.3. The minimum atomic E-state index is -0.388. The molecule has 110 valence electrons. The van der Waals surface area contributed by atoms with Crippen molar-refractivity contribution in [2.45, 2.75) is 25.7 Å². The first-order valence-corrected chi connectivity index (χ1v) is 6.85. The number of rotatable bonds is 4. The second-order valence-electron chi connectivity index (χ2n) is 4.82. The Hall–Kier alpha value is -2.48. The standard InChI is InChI=1S/C16H18N2O3/c1-20-12-7-8-15(21-2)14(9-12)18-16(19)13(10-17)11-5-3-4-6-11/h7-9H,3-6H2,1-2H3,(H,18,19). The monoisotopic (exact) mass is 286 g/mol. The van der Waals surface area contributed by atoms with Crippen LogP contribution in [0.2, 0.25) is 0 Å². The molecule has 1 N–H and O–H groups in total. The summed E-state index contributed by atoms with van der Waals surface area (Å²) in [7, 11) is 3.08. The molecule has 5 heteroatoms. The summed E-state index contributed by atoms with van der Waals surface area (Å²) in [6.45, 7) is 0. The Morgan fingerprint density at radius 2 is 1.95 bits per heavy atom. The second kappa shape index (κ2) is 6.80. The van der Waals surface area contributed by atoms with E-state index in [1.165, 1.54) is 7.11 Å². The first-order chi connectivity index (χ1) is 10.2. The molecule has 0 unspecified atom stereocenters. The predicted octanol–water partition coefficient (Wildman–Crippen LogP) is 3.04. The van der Waals surface area contributed by atoms with Crippen LogP contribution in [0.15, 0.2) is 29.3 Å².